The van der Waals surface area contributed by atoms with Gasteiger partial charge in [0, 0.05) is 36.3 Å². The van der Waals surface area contributed by atoms with Gasteiger partial charge in [0.25, 0.3) is 0 Å². The molecule has 4 aromatic rings. The average Bonchev–Trinajstić information content (AvgIpc) is 3.54. The van der Waals surface area contributed by atoms with Crippen molar-refractivity contribution in [3.63, 3.8) is 0 Å². The minimum Gasteiger partial charge on any atom is -0.399 e. The minimum absolute atomic E-state index is 0.0936. The van der Waals surface area contributed by atoms with Gasteiger partial charge in [-0.1, -0.05) is 0 Å². The topological polar surface area (TPSA) is 126 Å². The molecule has 10 nitrogen and oxygen atoms in total. The normalized spacial score (nSPS) is 11.8. The first-order valence-electron chi connectivity index (χ1n) is 11.3. The summed E-state index contributed by atoms with van der Waals surface area (Å²) in [6.45, 7) is 2.16. The van der Waals surface area contributed by atoms with E-state index in [1.165, 1.54) is 0 Å². The number of nitrogens with one attached hydrogen (secondary N) is 4. The van der Waals surface area contributed by atoms with Crippen LogP contribution in [0.2, 0.25) is 0 Å². The van der Waals surface area contributed by atoms with Crippen molar-refractivity contribution in [1.29, 1.82) is 0 Å². The Bertz CT molecular complexity index is 1270. The van der Waals surface area contributed by atoms with E-state index in [1.54, 1.807) is 6.20 Å². The largest absolute Gasteiger partial charge is 0.573 e. The summed E-state index contributed by atoms with van der Waals surface area (Å²) in [6, 6.07) is 5.40. The van der Waals surface area contributed by atoms with E-state index in [1.807, 2.05) is 12.1 Å². The van der Waals surface area contributed by atoms with E-state index in [9.17, 15) is 22.0 Å². The second kappa shape index (κ2) is 11.9. The Morgan fingerprint density at radius 1 is 0.973 bits per heavy atom. The maximum absolute atomic E-state index is 13.7. The lowest BCUT2D eigenvalue weighted by atomic mass is 10.1. The lowest BCUT2D eigenvalue weighted by molar-refractivity contribution is -0.276. The number of H-pyrrole nitrogens is 2. The molecule has 198 valence electrons. The third-order valence-electron chi connectivity index (χ3n) is 5.22. The Hall–Kier alpha value is -3.85. The quantitative estimate of drug-likeness (QED) is 0.153. The van der Waals surface area contributed by atoms with Crippen LogP contribution >= 0.6 is 0 Å². The molecule has 4 N–H and O–H groups in total. The van der Waals surface area contributed by atoms with Crippen molar-refractivity contribution < 1.29 is 31.4 Å². The first-order chi connectivity index (χ1) is 17.8. The van der Waals surface area contributed by atoms with Crippen molar-refractivity contribution in [2.24, 2.45) is 0 Å². The van der Waals surface area contributed by atoms with E-state index in [0.717, 1.165) is 47.1 Å². The van der Waals surface area contributed by atoms with E-state index in [2.05, 4.69) is 46.2 Å². The van der Waals surface area contributed by atoms with E-state index < -0.39 is 23.7 Å². The predicted octanol–water partition coefficient (Wildman–Crippen LogP) is 3.92. The van der Waals surface area contributed by atoms with Crippen LogP contribution in [0.15, 0.2) is 30.5 Å². The number of fused-ring (bicyclic) bond motifs is 1. The lowest BCUT2D eigenvalue weighted by Crippen LogP contribution is -2.20. The fourth-order valence-electron chi connectivity index (χ4n) is 3.59. The number of aromatic amines is 2. The highest BCUT2D eigenvalue weighted by Gasteiger charge is 2.34. The molecule has 2 aromatic carbocycles. The maximum Gasteiger partial charge on any atom is 0.573 e. The zero-order valence-corrected chi connectivity index (χ0v) is 19.3. The lowest BCUT2D eigenvalue weighted by Gasteiger charge is -2.12. The second-order valence-corrected chi connectivity index (χ2v) is 7.95. The Morgan fingerprint density at radius 3 is 2.51 bits per heavy atom. The Morgan fingerprint density at radius 2 is 1.78 bits per heavy atom. The van der Waals surface area contributed by atoms with Gasteiger partial charge in [-0.3, -0.25) is 5.10 Å². The zero-order valence-electron chi connectivity index (χ0n) is 19.3. The van der Waals surface area contributed by atoms with Gasteiger partial charge in [-0.05, 0) is 54.4 Å². The molecule has 0 aliphatic rings. The van der Waals surface area contributed by atoms with Gasteiger partial charge >= 0.3 is 6.36 Å². The number of nitrogens with zero attached hydrogens (tertiary/aromatic N) is 4. The molecular formula is C22H23F5N8O2. The number of rotatable bonds is 13. The van der Waals surface area contributed by atoms with E-state index in [-0.39, 0.29) is 12.1 Å². The summed E-state index contributed by atoms with van der Waals surface area (Å²) in [6.07, 6.45) is -1.98. The number of unbranched alkanes of at least 4 members (excludes halogenated alkanes) is 1. The van der Waals surface area contributed by atoms with Crippen molar-refractivity contribution >= 4 is 16.6 Å². The zero-order chi connectivity index (χ0) is 26.3. The van der Waals surface area contributed by atoms with Crippen molar-refractivity contribution in [2.45, 2.75) is 25.7 Å². The molecule has 0 aliphatic heterocycles. The smallest absolute Gasteiger partial charge is 0.399 e. The maximum atomic E-state index is 13.7. The summed E-state index contributed by atoms with van der Waals surface area (Å²) < 4.78 is 73.1. The number of benzene rings is 2. The van der Waals surface area contributed by atoms with Crippen LogP contribution in [0.1, 0.15) is 18.4 Å². The molecule has 37 heavy (non-hydrogen) atoms. The molecule has 0 amide bonds. The molecule has 0 bridgehead atoms. The van der Waals surface area contributed by atoms with Crippen LogP contribution in [0.5, 0.6) is 5.75 Å². The molecule has 0 aliphatic carbocycles. The molecular weight excluding hydrogens is 503 g/mol. The number of aromatic nitrogens is 6. The Kier molecular flexibility index (Phi) is 8.45. The summed E-state index contributed by atoms with van der Waals surface area (Å²) in [5.74, 6) is -3.82. The van der Waals surface area contributed by atoms with E-state index >= 15 is 0 Å². The van der Waals surface area contributed by atoms with Crippen molar-refractivity contribution in [3.05, 3.63) is 47.7 Å². The monoisotopic (exact) mass is 526 g/mol. The van der Waals surface area contributed by atoms with Gasteiger partial charge in [0.05, 0.1) is 18.3 Å². The highest BCUT2D eigenvalue weighted by Crippen LogP contribution is 2.30. The van der Waals surface area contributed by atoms with E-state index in [0.29, 0.717) is 32.1 Å². The van der Waals surface area contributed by atoms with Crippen LogP contribution in [0.25, 0.3) is 22.3 Å². The third-order valence-corrected chi connectivity index (χ3v) is 5.22. The summed E-state index contributed by atoms with van der Waals surface area (Å²) in [5.41, 5.74) is 2.62. The molecule has 0 atom stereocenters. The summed E-state index contributed by atoms with van der Waals surface area (Å²) in [7, 11) is 0. The molecule has 0 saturated heterocycles. The number of hydrogen-bond acceptors (Lipinski definition) is 8. The van der Waals surface area contributed by atoms with E-state index in [4.69, 9.17) is 4.74 Å². The van der Waals surface area contributed by atoms with Crippen LogP contribution in [-0.2, 0) is 11.3 Å². The van der Waals surface area contributed by atoms with Crippen molar-refractivity contribution in [2.75, 3.05) is 31.6 Å². The van der Waals surface area contributed by atoms with Crippen LogP contribution in [0.3, 0.4) is 0 Å². The highest BCUT2D eigenvalue weighted by molar-refractivity contribution is 5.94. The first kappa shape index (κ1) is 26.2. The number of halogens is 5. The number of tetrazole rings is 1. The highest BCUT2D eigenvalue weighted by atomic mass is 19.4. The molecule has 0 saturated carbocycles. The van der Waals surface area contributed by atoms with Gasteiger partial charge in [-0.25, -0.2) is 8.78 Å². The third kappa shape index (κ3) is 7.33. The average molecular weight is 526 g/mol. The van der Waals surface area contributed by atoms with Gasteiger partial charge in [0.1, 0.15) is 0 Å². The first-order valence-corrected chi connectivity index (χ1v) is 11.3. The summed E-state index contributed by atoms with van der Waals surface area (Å²) >= 11 is 0. The standard InChI is InChI=1S/C22H23F5N8O2/c23-16-7-13(8-17(24)20(16)37-22(25,26)27)11-28-3-1-2-5-36-6-4-29-18-9-14(21-32-34-35-33-21)10-19-15(18)12-30-31-19/h7-10,12,28-29H,1-6,11H2,(H,30,31)(H,32,33,34,35). The fraction of sp³-hybridized carbons (Fsp3) is 0.364. The van der Waals surface area contributed by atoms with Crippen LogP contribution < -0.4 is 15.4 Å². The molecule has 0 fully saturated rings. The van der Waals surface area contributed by atoms with Gasteiger partial charge < -0.3 is 20.1 Å². The second-order valence-electron chi connectivity index (χ2n) is 7.95. The minimum atomic E-state index is -5.17. The predicted molar refractivity (Wildman–Crippen MR) is 123 cm³/mol. The van der Waals surface area contributed by atoms with Gasteiger partial charge in [-0.15, -0.1) is 23.4 Å². The molecule has 2 heterocycles. The molecule has 0 unspecified atom stereocenters. The molecule has 2 aromatic heterocycles. The van der Waals surface area contributed by atoms with Crippen LogP contribution in [-0.4, -0.2) is 63.5 Å². The fourth-order valence-corrected chi connectivity index (χ4v) is 3.59. The van der Waals surface area contributed by atoms with Crippen molar-refractivity contribution in [1.82, 2.24) is 36.1 Å². The summed E-state index contributed by atoms with van der Waals surface area (Å²) in [4.78, 5) is 0. The number of hydrogen-bond donors (Lipinski definition) is 4. The Labute approximate surface area is 206 Å². The van der Waals surface area contributed by atoms with Gasteiger partial charge in [-0.2, -0.15) is 10.3 Å². The van der Waals surface area contributed by atoms with Crippen molar-refractivity contribution in [3.8, 4) is 17.1 Å². The SMILES string of the molecule is Fc1cc(CNCCCCOCCNc2cc(-c3nn[nH]n3)cc3[nH]ncc23)cc(F)c1OC(F)(F)F. The summed E-state index contributed by atoms with van der Waals surface area (Å²) in [5, 5.41) is 28.2. The molecule has 0 spiro atoms. The van der Waals surface area contributed by atoms with Crippen LogP contribution in [0.4, 0.5) is 27.6 Å². The number of anilines is 1. The van der Waals surface area contributed by atoms with Gasteiger partial charge in [0.15, 0.2) is 11.6 Å². The van der Waals surface area contributed by atoms with Crippen LogP contribution in [0, 0.1) is 11.6 Å². The molecule has 4 rings (SSSR count). The van der Waals surface area contributed by atoms with Gasteiger partial charge in [0.2, 0.25) is 11.6 Å². The molecule has 0 radical (unpaired) electrons. The molecule has 15 heteroatoms. The Balaban J connectivity index is 1.12. The number of ether oxygens (including phenoxy) is 2. The number of alkyl halides is 3.